The molecule has 1 aliphatic carbocycles. The molecule has 3 rings (SSSR count). The van der Waals surface area contributed by atoms with Crippen LogP contribution in [0.1, 0.15) is 29.2 Å². The van der Waals surface area contributed by atoms with Crippen LogP contribution in [0.5, 0.6) is 0 Å². The second-order valence-electron chi connectivity index (χ2n) is 5.78. The highest BCUT2D eigenvalue weighted by molar-refractivity contribution is 7.07. The van der Waals surface area contributed by atoms with Crippen molar-refractivity contribution in [2.45, 2.75) is 25.3 Å². The predicted octanol–water partition coefficient (Wildman–Crippen LogP) is 2.98. The third kappa shape index (κ3) is 3.74. The number of thiophene rings is 1. The van der Waals surface area contributed by atoms with Gasteiger partial charge in [0.1, 0.15) is 0 Å². The van der Waals surface area contributed by atoms with E-state index < -0.39 is 0 Å². The fourth-order valence-electron chi connectivity index (χ4n) is 3.22. The van der Waals surface area contributed by atoms with Gasteiger partial charge in [0.2, 0.25) is 0 Å². The van der Waals surface area contributed by atoms with Crippen molar-refractivity contribution in [3.8, 4) is 0 Å². The number of aryl methyl sites for hydroxylation is 1. The lowest BCUT2D eigenvalue weighted by molar-refractivity contribution is 0.151. The molecule has 1 aromatic carbocycles. The van der Waals surface area contributed by atoms with Crippen LogP contribution in [-0.4, -0.2) is 35.7 Å². The third-order valence-corrected chi connectivity index (χ3v) is 5.08. The van der Waals surface area contributed by atoms with Crippen molar-refractivity contribution < 1.29 is 9.90 Å². The SMILES string of the molecule is O=C(NCCc1ccsc1)N(CCO)C1CCc2ccccc21. The molecule has 1 unspecified atom stereocenters. The van der Waals surface area contributed by atoms with E-state index in [0.29, 0.717) is 13.1 Å². The van der Waals surface area contributed by atoms with Gasteiger partial charge in [-0.3, -0.25) is 0 Å². The van der Waals surface area contributed by atoms with E-state index in [1.165, 1.54) is 16.7 Å². The molecule has 0 bridgehead atoms. The Morgan fingerprint density at radius 2 is 2.22 bits per heavy atom. The Hall–Kier alpha value is -1.85. The molecule has 0 fully saturated rings. The number of hydrogen-bond donors (Lipinski definition) is 2. The molecule has 0 aliphatic heterocycles. The molecule has 0 saturated heterocycles. The van der Waals surface area contributed by atoms with Gasteiger partial charge in [0.15, 0.2) is 0 Å². The number of carbonyl (C=O) groups excluding carboxylic acids is 1. The van der Waals surface area contributed by atoms with Crippen LogP contribution in [0.25, 0.3) is 0 Å². The van der Waals surface area contributed by atoms with Crippen molar-refractivity contribution >= 4 is 17.4 Å². The molecular weight excluding hydrogens is 308 g/mol. The summed E-state index contributed by atoms with van der Waals surface area (Å²) in [6, 6.07) is 10.3. The van der Waals surface area contributed by atoms with Crippen LogP contribution in [0, 0.1) is 0 Å². The minimum Gasteiger partial charge on any atom is -0.395 e. The standard InChI is InChI=1S/C18H22N2O2S/c21-11-10-20(17-6-5-15-3-1-2-4-16(15)17)18(22)19-9-7-14-8-12-23-13-14/h1-4,8,12-13,17,21H,5-7,9-11H2,(H,19,22). The average molecular weight is 330 g/mol. The van der Waals surface area contributed by atoms with Gasteiger partial charge in [0, 0.05) is 13.1 Å². The summed E-state index contributed by atoms with van der Waals surface area (Å²) in [6.45, 7) is 0.964. The zero-order valence-electron chi connectivity index (χ0n) is 13.1. The van der Waals surface area contributed by atoms with E-state index in [1.807, 2.05) is 17.5 Å². The number of carbonyl (C=O) groups is 1. The summed E-state index contributed by atoms with van der Waals surface area (Å²) < 4.78 is 0. The number of fused-ring (bicyclic) bond motifs is 1. The van der Waals surface area contributed by atoms with Crippen LogP contribution in [0.2, 0.25) is 0 Å². The maximum atomic E-state index is 12.6. The zero-order chi connectivity index (χ0) is 16.1. The lowest BCUT2D eigenvalue weighted by Crippen LogP contribution is -2.43. The first-order valence-corrected chi connectivity index (χ1v) is 8.98. The highest BCUT2D eigenvalue weighted by Gasteiger charge is 2.30. The topological polar surface area (TPSA) is 52.6 Å². The van der Waals surface area contributed by atoms with Crippen LogP contribution in [-0.2, 0) is 12.8 Å². The molecule has 5 heteroatoms. The van der Waals surface area contributed by atoms with Crippen LogP contribution in [0.3, 0.4) is 0 Å². The summed E-state index contributed by atoms with van der Waals surface area (Å²) in [7, 11) is 0. The maximum Gasteiger partial charge on any atom is 0.318 e. The number of urea groups is 1. The Morgan fingerprint density at radius 3 is 3.00 bits per heavy atom. The molecule has 2 aromatic rings. The lowest BCUT2D eigenvalue weighted by atomic mass is 10.1. The number of nitrogens with one attached hydrogen (secondary N) is 1. The maximum absolute atomic E-state index is 12.6. The Balaban J connectivity index is 1.63. The molecule has 1 atom stereocenters. The number of aliphatic hydroxyl groups is 1. The quantitative estimate of drug-likeness (QED) is 0.855. The minimum atomic E-state index is -0.0871. The molecule has 23 heavy (non-hydrogen) atoms. The predicted molar refractivity (Wildman–Crippen MR) is 92.7 cm³/mol. The van der Waals surface area contributed by atoms with Gasteiger partial charge in [-0.15, -0.1) is 0 Å². The number of amides is 2. The Morgan fingerprint density at radius 1 is 1.35 bits per heavy atom. The summed E-state index contributed by atoms with van der Waals surface area (Å²) in [5.41, 5.74) is 3.77. The number of aliphatic hydroxyl groups excluding tert-OH is 1. The molecule has 1 aliphatic rings. The molecule has 2 N–H and O–H groups in total. The molecule has 0 spiro atoms. The van der Waals surface area contributed by atoms with Crippen LogP contribution >= 0.6 is 11.3 Å². The monoisotopic (exact) mass is 330 g/mol. The summed E-state index contributed by atoms with van der Waals surface area (Å²) in [6.07, 6.45) is 2.76. The van der Waals surface area contributed by atoms with E-state index in [4.69, 9.17) is 0 Å². The van der Waals surface area contributed by atoms with Gasteiger partial charge in [0.25, 0.3) is 0 Å². The van der Waals surface area contributed by atoms with Crippen molar-refractivity contribution in [2.75, 3.05) is 19.7 Å². The summed E-state index contributed by atoms with van der Waals surface area (Å²) in [4.78, 5) is 14.3. The molecule has 1 aromatic heterocycles. The summed E-state index contributed by atoms with van der Waals surface area (Å²) in [5, 5.41) is 16.5. The molecule has 122 valence electrons. The van der Waals surface area contributed by atoms with Gasteiger partial charge >= 0.3 is 6.03 Å². The largest absolute Gasteiger partial charge is 0.395 e. The smallest absolute Gasteiger partial charge is 0.318 e. The second kappa shape index (κ2) is 7.62. The first-order chi connectivity index (χ1) is 11.3. The van der Waals surface area contributed by atoms with E-state index in [9.17, 15) is 9.90 Å². The second-order valence-corrected chi connectivity index (χ2v) is 6.56. The van der Waals surface area contributed by atoms with Crippen molar-refractivity contribution in [1.82, 2.24) is 10.2 Å². The lowest BCUT2D eigenvalue weighted by Gasteiger charge is -2.29. The van der Waals surface area contributed by atoms with Crippen molar-refractivity contribution in [3.63, 3.8) is 0 Å². The number of hydrogen-bond acceptors (Lipinski definition) is 3. The fourth-order valence-corrected chi connectivity index (χ4v) is 3.92. The number of rotatable bonds is 6. The van der Waals surface area contributed by atoms with Crippen LogP contribution in [0.15, 0.2) is 41.1 Å². The number of benzene rings is 1. The molecule has 4 nitrogen and oxygen atoms in total. The Kier molecular flexibility index (Phi) is 5.31. The van der Waals surface area contributed by atoms with Crippen molar-refractivity contribution in [1.29, 1.82) is 0 Å². The summed E-state index contributed by atoms with van der Waals surface area (Å²) in [5.74, 6) is 0. The van der Waals surface area contributed by atoms with Crippen molar-refractivity contribution in [3.05, 3.63) is 57.8 Å². The van der Waals surface area contributed by atoms with E-state index in [2.05, 4.69) is 28.9 Å². The van der Waals surface area contributed by atoms with E-state index in [-0.39, 0.29) is 18.7 Å². The van der Waals surface area contributed by atoms with Gasteiger partial charge in [-0.25, -0.2) is 4.79 Å². The van der Waals surface area contributed by atoms with Gasteiger partial charge in [-0.2, -0.15) is 11.3 Å². The molecule has 0 saturated carbocycles. The fraction of sp³-hybridized carbons (Fsp3) is 0.389. The van der Waals surface area contributed by atoms with Gasteiger partial charge < -0.3 is 15.3 Å². The van der Waals surface area contributed by atoms with Gasteiger partial charge in [-0.1, -0.05) is 24.3 Å². The van der Waals surface area contributed by atoms with Crippen molar-refractivity contribution in [2.24, 2.45) is 0 Å². The van der Waals surface area contributed by atoms with Gasteiger partial charge in [-0.05, 0) is 52.8 Å². The molecule has 2 amide bonds. The van der Waals surface area contributed by atoms with E-state index in [1.54, 1.807) is 16.2 Å². The van der Waals surface area contributed by atoms with Gasteiger partial charge in [0.05, 0.1) is 12.6 Å². The first kappa shape index (κ1) is 16.0. The third-order valence-electron chi connectivity index (χ3n) is 4.35. The Labute approximate surface area is 140 Å². The zero-order valence-corrected chi connectivity index (χ0v) is 13.9. The average Bonchev–Trinajstić information content (AvgIpc) is 3.22. The molecular formula is C18H22N2O2S. The number of nitrogens with zero attached hydrogens (tertiary/aromatic N) is 1. The van der Waals surface area contributed by atoms with Crippen LogP contribution in [0.4, 0.5) is 4.79 Å². The highest BCUT2D eigenvalue weighted by atomic mass is 32.1. The normalized spacial score (nSPS) is 16.1. The highest BCUT2D eigenvalue weighted by Crippen LogP contribution is 2.35. The molecule has 1 heterocycles. The first-order valence-electron chi connectivity index (χ1n) is 8.04. The summed E-state index contributed by atoms with van der Waals surface area (Å²) >= 11 is 1.67. The van der Waals surface area contributed by atoms with E-state index >= 15 is 0 Å². The Bertz CT molecular complexity index is 642. The minimum absolute atomic E-state index is 0.0172. The molecule has 0 radical (unpaired) electrons. The van der Waals surface area contributed by atoms with Crippen LogP contribution < -0.4 is 5.32 Å². The van der Waals surface area contributed by atoms with E-state index in [0.717, 1.165) is 19.3 Å².